The summed E-state index contributed by atoms with van der Waals surface area (Å²) in [6.45, 7) is 6.80. The molecule has 2 unspecified atom stereocenters. The van der Waals surface area contributed by atoms with Gasteiger partial charge in [-0.25, -0.2) is 0 Å². The van der Waals surface area contributed by atoms with E-state index in [9.17, 15) is 4.79 Å². The summed E-state index contributed by atoms with van der Waals surface area (Å²) >= 11 is 0. The zero-order valence-electron chi connectivity index (χ0n) is 13.3. The van der Waals surface area contributed by atoms with Gasteiger partial charge in [-0.2, -0.15) is 0 Å². The molecule has 1 aliphatic rings. The van der Waals surface area contributed by atoms with E-state index in [2.05, 4.69) is 17.1 Å². The molecule has 1 saturated heterocycles. The number of rotatable bonds is 5. The molecule has 0 aromatic heterocycles. The van der Waals surface area contributed by atoms with Gasteiger partial charge in [0.25, 0.3) is 0 Å². The Hall–Kier alpha value is -1.55. The molecule has 1 aliphatic heterocycles. The number of benzene rings is 1. The Morgan fingerprint density at radius 2 is 2.24 bits per heavy atom. The van der Waals surface area contributed by atoms with E-state index in [0.717, 1.165) is 24.4 Å². The number of amides is 1. The summed E-state index contributed by atoms with van der Waals surface area (Å²) in [5, 5.41) is 3.02. The van der Waals surface area contributed by atoms with Gasteiger partial charge in [0, 0.05) is 18.7 Å². The lowest BCUT2D eigenvalue weighted by molar-refractivity contribution is -0.126. The quantitative estimate of drug-likeness (QED) is 0.905. The number of likely N-dealkylation sites (tertiary alicyclic amines) is 1. The fourth-order valence-electron chi connectivity index (χ4n) is 2.92. The van der Waals surface area contributed by atoms with E-state index in [4.69, 9.17) is 4.74 Å². The van der Waals surface area contributed by atoms with Crippen molar-refractivity contribution in [2.45, 2.75) is 39.3 Å². The minimum atomic E-state index is -0.0672. The van der Waals surface area contributed by atoms with E-state index in [-0.39, 0.29) is 11.9 Å². The van der Waals surface area contributed by atoms with E-state index >= 15 is 0 Å². The third-order valence-electron chi connectivity index (χ3n) is 4.26. The summed E-state index contributed by atoms with van der Waals surface area (Å²) < 4.78 is 5.31. The van der Waals surface area contributed by atoms with Gasteiger partial charge in [-0.3, -0.25) is 9.69 Å². The third-order valence-corrected chi connectivity index (χ3v) is 4.26. The predicted molar refractivity (Wildman–Crippen MR) is 84.3 cm³/mol. The number of hydrogen-bond donors (Lipinski definition) is 1. The van der Waals surface area contributed by atoms with Gasteiger partial charge in [-0.1, -0.05) is 25.1 Å². The van der Waals surface area contributed by atoms with Crippen molar-refractivity contribution >= 4 is 5.91 Å². The van der Waals surface area contributed by atoms with Gasteiger partial charge < -0.3 is 10.1 Å². The normalized spacial score (nSPS) is 20.8. The molecule has 21 heavy (non-hydrogen) atoms. The average molecular weight is 290 g/mol. The van der Waals surface area contributed by atoms with Crippen molar-refractivity contribution in [3.8, 4) is 5.75 Å². The maximum atomic E-state index is 12.3. The number of nitrogens with zero attached hydrogens (tertiary/aromatic N) is 1. The van der Waals surface area contributed by atoms with E-state index < -0.39 is 0 Å². The monoisotopic (exact) mass is 290 g/mol. The zero-order chi connectivity index (χ0) is 15.2. The van der Waals surface area contributed by atoms with Crippen LogP contribution in [0.25, 0.3) is 0 Å². The van der Waals surface area contributed by atoms with Gasteiger partial charge in [0.15, 0.2) is 0 Å². The Morgan fingerprint density at radius 3 is 2.95 bits per heavy atom. The van der Waals surface area contributed by atoms with Gasteiger partial charge in [0.1, 0.15) is 5.75 Å². The van der Waals surface area contributed by atoms with Crippen molar-refractivity contribution in [2.75, 3.05) is 20.2 Å². The molecular weight excluding hydrogens is 264 g/mol. The van der Waals surface area contributed by atoms with Crippen molar-refractivity contribution in [1.82, 2.24) is 10.2 Å². The molecule has 0 aliphatic carbocycles. The lowest BCUT2D eigenvalue weighted by Gasteiger charge is -2.34. The fourth-order valence-corrected chi connectivity index (χ4v) is 2.92. The van der Waals surface area contributed by atoms with E-state index in [1.807, 2.05) is 31.2 Å². The van der Waals surface area contributed by atoms with Crippen LogP contribution in [0.5, 0.6) is 5.75 Å². The standard InChI is InChI=1S/C17H26N2O2/c1-13-7-6-10-19(12-13)14(2)17(20)18-11-15-8-4-5-9-16(15)21-3/h4-5,8-9,13-14H,6-7,10-12H2,1-3H3,(H,18,20). The van der Waals surface area contributed by atoms with Crippen molar-refractivity contribution < 1.29 is 9.53 Å². The minimum absolute atomic E-state index is 0.0672. The molecule has 0 spiro atoms. The second-order valence-electron chi connectivity index (χ2n) is 5.95. The van der Waals surface area contributed by atoms with Crippen LogP contribution in [0.15, 0.2) is 24.3 Å². The van der Waals surface area contributed by atoms with E-state index in [0.29, 0.717) is 12.5 Å². The Morgan fingerprint density at radius 1 is 1.48 bits per heavy atom. The summed E-state index contributed by atoms with van der Waals surface area (Å²) in [5.41, 5.74) is 1.01. The highest BCUT2D eigenvalue weighted by molar-refractivity contribution is 5.81. The van der Waals surface area contributed by atoms with Crippen LogP contribution in [0.2, 0.25) is 0 Å². The molecule has 2 rings (SSSR count). The van der Waals surface area contributed by atoms with Gasteiger partial charge in [0.2, 0.25) is 5.91 Å². The molecule has 2 atom stereocenters. The number of carbonyl (C=O) groups is 1. The summed E-state index contributed by atoms with van der Waals surface area (Å²) in [6, 6.07) is 7.72. The Bertz CT molecular complexity index is 476. The molecule has 1 N–H and O–H groups in total. The molecule has 0 saturated carbocycles. The first-order valence-corrected chi connectivity index (χ1v) is 7.75. The molecule has 1 amide bonds. The molecule has 1 heterocycles. The molecule has 1 aromatic carbocycles. The van der Waals surface area contributed by atoms with Crippen LogP contribution in [-0.4, -0.2) is 37.0 Å². The number of carbonyl (C=O) groups excluding carboxylic acids is 1. The van der Waals surface area contributed by atoms with Gasteiger partial charge in [-0.05, 0) is 38.3 Å². The maximum absolute atomic E-state index is 12.3. The molecule has 116 valence electrons. The average Bonchev–Trinajstić information content (AvgIpc) is 2.52. The number of hydrogen-bond acceptors (Lipinski definition) is 3. The number of ether oxygens (including phenoxy) is 1. The molecule has 0 radical (unpaired) electrons. The molecule has 4 heteroatoms. The van der Waals surface area contributed by atoms with Crippen molar-refractivity contribution in [3.63, 3.8) is 0 Å². The minimum Gasteiger partial charge on any atom is -0.496 e. The molecule has 0 bridgehead atoms. The summed E-state index contributed by atoms with van der Waals surface area (Å²) in [7, 11) is 1.65. The van der Waals surface area contributed by atoms with Crippen LogP contribution < -0.4 is 10.1 Å². The number of methoxy groups -OCH3 is 1. The lowest BCUT2D eigenvalue weighted by Crippen LogP contribution is -2.48. The Balaban J connectivity index is 1.89. The highest BCUT2D eigenvalue weighted by Crippen LogP contribution is 2.19. The van der Waals surface area contributed by atoms with E-state index in [1.165, 1.54) is 12.8 Å². The lowest BCUT2D eigenvalue weighted by atomic mass is 9.99. The van der Waals surface area contributed by atoms with Gasteiger partial charge >= 0.3 is 0 Å². The van der Waals surface area contributed by atoms with E-state index in [1.54, 1.807) is 7.11 Å². The van der Waals surface area contributed by atoms with Crippen LogP contribution in [0.4, 0.5) is 0 Å². The topological polar surface area (TPSA) is 41.6 Å². The Kier molecular flexibility index (Phi) is 5.62. The van der Waals surface area contributed by atoms with Gasteiger partial charge in [0.05, 0.1) is 13.2 Å². The third kappa shape index (κ3) is 4.21. The summed E-state index contributed by atoms with van der Waals surface area (Å²) in [4.78, 5) is 14.6. The van der Waals surface area contributed by atoms with Crippen LogP contribution in [0, 0.1) is 5.92 Å². The predicted octanol–water partition coefficient (Wildman–Crippen LogP) is 2.43. The first-order chi connectivity index (χ1) is 10.1. The highest BCUT2D eigenvalue weighted by Gasteiger charge is 2.25. The van der Waals surface area contributed by atoms with Crippen molar-refractivity contribution in [3.05, 3.63) is 29.8 Å². The smallest absolute Gasteiger partial charge is 0.237 e. The molecular formula is C17H26N2O2. The molecule has 1 aromatic rings. The maximum Gasteiger partial charge on any atom is 0.237 e. The second kappa shape index (κ2) is 7.46. The van der Waals surface area contributed by atoms with Crippen LogP contribution in [-0.2, 0) is 11.3 Å². The zero-order valence-corrected chi connectivity index (χ0v) is 13.3. The first-order valence-electron chi connectivity index (χ1n) is 7.75. The summed E-state index contributed by atoms with van der Waals surface area (Å²) in [5.74, 6) is 1.59. The second-order valence-corrected chi connectivity index (χ2v) is 5.95. The fraction of sp³-hybridized carbons (Fsp3) is 0.588. The highest BCUT2D eigenvalue weighted by atomic mass is 16.5. The first kappa shape index (κ1) is 15.8. The van der Waals surface area contributed by atoms with Crippen molar-refractivity contribution in [2.24, 2.45) is 5.92 Å². The molecule has 4 nitrogen and oxygen atoms in total. The van der Waals surface area contributed by atoms with Crippen LogP contribution >= 0.6 is 0 Å². The van der Waals surface area contributed by atoms with Crippen molar-refractivity contribution in [1.29, 1.82) is 0 Å². The van der Waals surface area contributed by atoms with Crippen LogP contribution in [0.3, 0.4) is 0 Å². The molecule has 1 fully saturated rings. The largest absolute Gasteiger partial charge is 0.496 e. The van der Waals surface area contributed by atoms with Crippen LogP contribution in [0.1, 0.15) is 32.3 Å². The Labute approximate surface area is 127 Å². The number of nitrogens with one attached hydrogen (secondary N) is 1. The SMILES string of the molecule is COc1ccccc1CNC(=O)C(C)N1CCCC(C)C1. The number of piperidine rings is 1. The number of para-hydroxylation sites is 1. The van der Waals surface area contributed by atoms with Gasteiger partial charge in [-0.15, -0.1) is 0 Å². The summed E-state index contributed by atoms with van der Waals surface area (Å²) in [6.07, 6.45) is 2.46.